The fourth-order valence-corrected chi connectivity index (χ4v) is 2.39. The van der Waals surface area contributed by atoms with Gasteiger partial charge in [0.25, 0.3) is 5.91 Å². The van der Waals surface area contributed by atoms with E-state index < -0.39 is 0 Å². The topological polar surface area (TPSA) is 70.2 Å². The van der Waals surface area contributed by atoms with Gasteiger partial charge in [0.1, 0.15) is 0 Å². The number of carbonyl (C=O) groups is 2. The first-order valence-corrected chi connectivity index (χ1v) is 7.50. The van der Waals surface area contributed by atoms with Crippen LogP contribution >= 0.6 is 12.4 Å². The standard InChI is InChI=1S/C16H23N3O2.ClH/c1-12-4-6-13(7-5-12)15(20)18-9-10-19-16(21)14-3-2-8-17-11-14;/h4-7,14,17H,2-3,8-11H2,1H3,(H,18,20)(H,19,21);1H/t14-;/m1./s1. The molecule has 1 aromatic rings. The Kier molecular flexibility index (Phi) is 7.91. The summed E-state index contributed by atoms with van der Waals surface area (Å²) >= 11 is 0. The van der Waals surface area contributed by atoms with Crippen LogP contribution in [0.2, 0.25) is 0 Å². The van der Waals surface area contributed by atoms with E-state index in [2.05, 4.69) is 16.0 Å². The van der Waals surface area contributed by atoms with Crippen LogP contribution in [0.15, 0.2) is 24.3 Å². The molecule has 1 fully saturated rings. The molecule has 122 valence electrons. The second kappa shape index (κ2) is 9.43. The smallest absolute Gasteiger partial charge is 0.251 e. The molecule has 0 radical (unpaired) electrons. The third-order valence-corrected chi connectivity index (χ3v) is 3.69. The highest BCUT2D eigenvalue weighted by atomic mass is 35.5. The van der Waals surface area contributed by atoms with E-state index in [-0.39, 0.29) is 30.1 Å². The molecule has 0 spiro atoms. The summed E-state index contributed by atoms with van der Waals surface area (Å²) in [6, 6.07) is 7.42. The van der Waals surface area contributed by atoms with E-state index in [9.17, 15) is 9.59 Å². The van der Waals surface area contributed by atoms with Gasteiger partial charge >= 0.3 is 0 Å². The first-order chi connectivity index (χ1) is 10.2. The average molecular weight is 326 g/mol. The lowest BCUT2D eigenvalue weighted by atomic mass is 9.99. The van der Waals surface area contributed by atoms with Crippen LogP contribution in [0.5, 0.6) is 0 Å². The Morgan fingerprint density at radius 2 is 1.86 bits per heavy atom. The molecule has 1 aliphatic heterocycles. The molecule has 1 atom stereocenters. The van der Waals surface area contributed by atoms with Crippen molar-refractivity contribution in [3.05, 3.63) is 35.4 Å². The molecule has 0 aliphatic carbocycles. The van der Waals surface area contributed by atoms with Crippen molar-refractivity contribution in [3.8, 4) is 0 Å². The van der Waals surface area contributed by atoms with Gasteiger partial charge in [-0.15, -0.1) is 12.4 Å². The molecule has 1 aliphatic rings. The summed E-state index contributed by atoms with van der Waals surface area (Å²) in [7, 11) is 0. The van der Waals surface area contributed by atoms with E-state index in [4.69, 9.17) is 0 Å². The lowest BCUT2D eigenvalue weighted by molar-refractivity contribution is -0.125. The normalized spacial score (nSPS) is 17.2. The summed E-state index contributed by atoms with van der Waals surface area (Å²) in [5.74, 6) is 0.0296. The van der Waals surface area contributed by atoms with E-state index in [1.165, 1.54) is 0 Å². The summed E-state index contributed by atoms with van der Waals surface area (Å²) in [6.07, 6.45) is 1.98. The quantitative estimate of drug-likeness (QED) is 0.714. The van der Waals surface area contributed by atoms with Crippen molar-refractivity contribution in [2.45, 2.75) is 19.8 Å². The molecule has 2 rings (SSSR count). The van der Waals surface area contributed by atoms with E-state index in [1.807, 2.05) is 19.1 Å². The number of benzene rings is 1. The highest BCUT2D eigenvalue weighted by molar-refractivity contribution is 5.94. The number of hydrogen-bond acceptors (Lipinski definition) is 3. The van der Waals surface area contributed by atoms with Gasteiger partial charge in [-0.3, -0.25) is 9.59 Å². The third-order valence-electron chi connectivity index (χ3n) is 3.69. The monoisotopic (exact) mass is 325 g/mol. The van der Waals surface area contributed by atoms with Crippen LogP contribution in [0.4, 0.5) is 0 Å². The van der Waals surface area contributed by atoms with Crippen LogP contribution in [-0.4, -0.2) is 38.0 Å². The molecule has 1 aromatic carbocycles. The first-order valence-electron chi connectivity index (χ1n) is 7.50. The van der Waals surface area contributed by atoms with Gasteiger partial charge in [0.2, 0.25) is 5.91 Å². The highest BCUT2D eigenvalue weighted by Crippen LogP contribution is 2.09. The summed E-state index contributed by atoms with van der Waals surface area (Å²) < 4.78 is 0. The zero-order valence-corrected chi connectivity index (χ0v) is 13.7. The van der Waals surface area contributed by atoms with Crippen molar-refractivity contribution >= 4 is 24.2 Å². The van der Waals surface area contributed by atoms with Crippen LogP contribution in [0.1, 0.15) is 28.8 Å². The molecule has 1 saturated heterocycles. The molecule has 0 aromatic heterocycles. The van der Waals surface area contributed by atoms with Gasteiger partial charge < -0.3 is 16.0 Å². The largest absolute Gasteiger partial charge is 0.354 e. The number of piperidine rings is 1. The summed E-state index contributed by atoms with van der Waals surface area (Å²) in [4.78, 5) is 23.8. The molecule has 0 unspecified atom stereocenters. The minimum atomic E-state index is -0.108. The summed E-state index contributed by atoms with van der Waals surface area (Å²) in [5, 5.41) is 8.90. The maximum atomic E-state index is 11.9. The molecule has 5 nitrogen and oxygen atoms in total. The van der Waals surface area contributed by atoms with Crippen LogP contribution in [-0.2, 0) is 4.79 Å². The van der Waals surface area contributed by atoms with Gasteiger partial charge in [-0.05, 0) is 38.4 Å². The van der Waals surface area contributed by atoms with Crippen molar-refractivity contribution in [1.82, 2.24) is 16.0 Å². The molecule has 0 bridgehead atoms. The molecular weight excluding hydrogens is 302 g/mol. The predicted molar refractivity (Wildman–Crippen MR) is 89.4 cm³/mol. The molecule has 1 heterocycles. The Hall–Kier alpha value is -1.59. The van der Waals surface area contributed by atoms with Crippen molar-refractivity contribution in [2.24, 2.45) is 5.92 Å². The van der Waals surface area contributed by atoms with E-state index >= 15 is 0 Å². The molecule has 2 amide bonds. The second-order valence-electron chi connectivity index (χ2n) is 5.46. The average Bonchev–Trinajstić information content (AvgIpc) is 2.52. The summed E-state index contributed by atoms with van der Waals surface area (Å²) in [5.41, 5.74) is 1.77. The third kappa shape index (κ3) is 5.66. The van der Waals surface area contributed by atoms with Crippen molar-refractivity contribution in [1.29, 1.82) is 0 Å². The van der Waals surface area contributed by atoms with E-state index in [0.29, 0.717) is 18.7 Å². The van der Waals surface area contributed by atoms with Crippen molar-refractivity contribution in [2.75, 3.05) is 26.2 Å². The van der Waals surface area contributed by atoms with Gasteiger partial charge in [0.05, 0.1) is 5.92 Å². The maximum Gasteiger partial charge on any atom is 0.251 e. The second-order valence-corrected chi connectivity index (χ2v) is 5.46. The number of amides is 2. The van der Waals surface area contributed by atoms with E-state index in [1.54, 1.807) is 12.1 Å². The molecule has 6 heteroatoms. The Morgan fingerprint density at radius 1 is 1.18 bits per heavy atom. The maximum absolute atomic E-state index is 11.9. The summed E-state index contributed by atoms with van der Waals surface area (Å²) in [6.45, 7) is 4.64. The first kappa shape index (κ1) is 18.5. The molecule has 22 heavy (non-hydrogen) atoms. The van der Waals surface area contributed by atoms with Crippen molar-refractivity contribution in [3.63, 3.8) is 0 Å². The Morgan fingerprint density at radius 3 is 2.50 bits per heavy atom. The van der Waals surface area contributed by atoms with Crippen molar-refractivity contribution < 1.29 is 9.59 Å². The molecule has 0 saturated carbocycles. The van der Waals surface area contributed by atoms with Crippen LogP contribution in [0, 0.1) is 12.8 Å². The predicted octanol–water partition coefficient (Wildman–Crippen LogP) is 1.26. The van der Waals surface area contributed by atoms with E-state index in [0.717, 1.165) is 31.5 Å². The number of nitrogens with one attached hydrogen (secondary N) is 3. The SMILES string of the molecule is Cc1ccc(C(=O)NCCNC(=O)[C@@H]2CCCNC2)cc1.Cl. The van der Waals surface area contributed by atoms with Gasteiger partial charge in [0.15, 0.2) is 0 Å². The Bertz CT molecular complexity index is 485. The van der Waals surface area contributed by atoms with Gasteiger partial charge in [0, 0.05) is 25.2 Å². The Labute approximate surface area is 137 Å². The lowest BCUT2D eigenvalue weighted by Gasteiger charge is -2.21. The fraction of sp³-hybridized carbons (Fsp3) is 0.500. The number of halogens is 1. The molecular formula is C16H24ClN3O2. The number of aryl methyl sites for hydroxylation is 1. The van der Waals surface area contributed by atoms with Crippen LogP contribution in [0.25, 0.3) is 0 Å². The number of carbonyl (C=O) groups excluding carboxylic acids is 2. The van der Waals surface area contributed by atoms with Crippen LogP contribution < -0.4 is 16.0 Å². The van der Waals surface area contributed by atoms with Gasteiger partial charge in [-0.2, -0.15) is 0 Å². The molecule has 3 N–H and O–H groups in total. The zero-order valence-electron chi connectivity index (χ0n) is 12.9. The fourth-order valence-electron chi connectivity index (χ4n) is 2.39. The van der Waals surface area contributed by atoms with Crippen LogP contribution in [0.3, 0.4) is 0 Å². The zero-order chi connectivity index (χ0) is 15.1. The highest BCUT2D eigenvalue weighted by Gasteiger charge is 2.20. The van der Waals surface area contributed by atoms with Gasteiger partial charge in [-0.1, -0.05) is 17.7 Å². The van der Waals surface area contributed by atoms with Gasteiger partial charge in [-0.25, -0.2) is 0 Å². The lowest BCUT2D eigenvalue weighted by Crippen LogP contribution is -2.42. The Balaban J connectivity index is 0.00000242. The number of hydrogen-bond donors (Lipinski definition) is 3. The minimum Gasteiger partial charge on any atom is -0.354 e. The minimum absolute atomic E-state index is 0. The number of rotatable bonds is 5.